The molecular weight excluding hydrogens is 306 g/mol. The number of nitrogens with two attached hydrogens (primary N) is 1. The summed E-state index contributed by atoms with van der Waals surface area (Å²) in [5, 5.41) is 5.18. The van der Waals surface area contributed by atoms with Crippen LogP contribution < -0.4 is 14.6 Å². The first-order valence-electron chi connectivity index (χ1n) is 6.26. The first-order valence-corrected chi connectivity index (χ1v) is 7.81. The van der Waals surface area contributed by atoms with E-state index >= 15 is 0 Å². The molecule has 2 aromatic carbocycles. The Balaban J connectivity index is 2.92. The van der Waals surface area contributed by atoms with Crippen LogP contribution in [0.4, 0.5) is 0 Å². The van der Waals surface area contributed by atoms with Crippen LogP contribution in [0.3, 0.4) is 0 Å². The maximum Gasteiger partial charge on any atom is 0.238 e. The van der Waals surface area contributed by atoms with E-state index in [4.69, 9.17) is 14.6 Å². The van der Waals surface area contributed by atoms with Gasteiger partial charge in [0.2, 0.25) is 10.0 Å². The molecule has 0 saturated heterocycles. The molecule has 116 valence electrons. The van der Waals surface area contributed by atoms with Gasteiger partial charge in [-0.05, 0) is 18.2 Å². The van der Waals surface area contributed by atoms with Gasteiger partial charge in [0.1, 0.15) is 11.5 Å². The summed E-state index contributed by atoms with van der Waals surface area (Å²) in [6.45, 7) is 0. The van der Waals surface area contributed by atoms with Crippen molar-refractivity contribution in [2.45, 2.75) is 4.90 Å². The summed E-state index contributed by atoms with van der Waals surface area (Å²) in [5.74, 6) is 0.828. The standard InChI is InChI=1S/C15H15NO5S/c1-20-12-6-4-3-5-10(12)15-11(9-17)14(22(16,18)19)8-7-13(15)21-2/h3-9H,1-2H3,(H2,16,18,19). The Kier molecular flexibility index (Phi) is 4.48. The molecule has 0 aliphatic carbocycles. The molecule has 0 aliphatic rings. The van der Waals surface area contributed by atoms with Crippen molar-refractivity contribution < 1.29 is 22.7 Å². The average molecular weight is 321 g/mol. The second-order valence-corrected chi connectivity index (χ2v) is 5.95. The third-order valence-electron chi connectivity index (χ3n) is 3.19. The van der Waals surface area contributed by atoms with Gasteiger partial charge in [0, 0.05) is 16.7 Å². The van der Waals surface area contributed by atoms with Crippen LogP contribution >= 0.6 is 0 Å². The van der Waals surface area contributed by atoms with E-state index in [1.165, 1.54) is 26.4 Å². The zero-order chi connectivity index (χ0) is 16.3. The van der Waals surface area contributed by atoms with E-state index < -0.39 is 10.0 Å². The number of benzene rings is 2. The van der Waals surface area contributed by atoms with Crippen molar-refractivity contribution >= 4 is 16.3 Å². The predicted octanol–water partition coefficient (Wildman–Crippen LogP) is 1.83. The summed E-state index contributed by atoms with van der Waals surface area (Å²) < 4.78 is 33.9. The SMILES string of the molecule is COc1ccccc1-c1c(OC)ccc(S(N)(=O)=O)c1C=O. The van der Waals surface area contributed by atoms with Crippen LogP contribution in [-0.4, -0.2) is 28.9 Å². The lowest BCUT2D eigenvalue weighted by Crippen LogP contribution is -2.15. The summed E-state index contributed by atoms with van der Waals surface area (Å²) in [7, 11) is -1.14. The molecule has 0 fully saturated rings. The van der Waals surface area contributed by atoms with Crippen LogP contribution in [0.5, 0.6) is 11.5 Å². The van der Waals surface area contributed by atoms with Gasteiger partial charge >= 0.3 is 0 Å². The van der Waals surface area contributed by atoms with Gasteiger partial charge in [-0.1, -0.05) is 18.2 Å². The van der Waals surface area contributed by atoms with Gasteiger partial charge in [-0.3, -0.25) is 4.79 Å². The number of sulfonamides is 1. The van der Waals surface area contributed by atoms with Gasteiger partial charge < -0.3 is 9.47 Å². The summed E-state index contributed by atoms with van der Waals surface area (Å²) >= 11 is 0. The van der Waals surface area contributed by atoms with Crippen LogP contribution in [0.1, 0.15) is 10.4 Å². The number of primary sulfonamides is 1. The van der Waals surface area contributed by atoms with Crippen molar-refractivity contribution in [1.29, 1.82) is 0 Å². The monoisotopic (exact) mass is 321 g/mol. The lowest BCUT2D eigenvalue weighted by Gasteiger charge is -2.16. The Hall–Kier alpha value is -2.38. The number of hydrogen-bond donors (Lipinski definition) is 1. The second-order valence-electron chi connectivity index (χ2n) is 4.42. The summed E-state index contributed by atoms with van der Waals surface area (Å²) in [6.07, 6.45) is 0.448. The fourth-order valence-electron chi connectivity index (χ4n) is 2.24. The number of rotatable bonds is 5. The molecule has 0 spiro atoms. The molecule has 6 nitrogen and oxygen atoms in total. The molecule has 22 heavy (non-hydrogen) atoms. The van der Waals surface area contributed by atoms with Crippen molar-refractivity contribution in [3.05, 3.63) is 42.0 Å². The van der Waals surface area contributed by atoms with Crippen LogP contribution in [0.2, 0.25) is 0 Å². The van der Waals surface area contributed by atoms with Gasteiger partial charge in [-0.15, -0.1) is 0 Å². The summed E-state index contributed by atoms with van der Waals surface area (Å²) in [6, 6.07) is 9.61. The average Bonchev–Trinajstić information content (AvgIpc) is 2.52. The molecule has 0 aliphatic heterocycles. The third kappa shape index (κ3) is 2.81. The number of para-hydroxylation sites is 1. The first-order chi connectivity index (χ1) is 10.4. The van der Waals surface area contributed by atoms with Crippen molar-refractivity contribution in [2.75, 3.05) is 14.2 Å². The maximum absolute atomic E-state index is 11.7. The van der Waals surface area contributed by atoms with E-state index in [0.29, 0.717) is 28.9 Å². The number of carbonyl (C=O) groups excluding carboxylic acids is 1. The minimum Gasteiger partial charge on any atom is -0.496 e. The number of aldehydes is 1. The van der Waals surface area contributed by atoms with E-state index in [0.717, 1.165) is 0 Å². The molecule has 0 unspecified atom stereocenters. The third-order valence-corrected chi connectivity index (χ3v) is 4.16. The van der Waals surface area contributed by atoms with Crippen molar-refractivity contribution in [2.24, 2.45) is 5.14 Å². The predicted molar refractivity (Wildman–Crippen MR) is 81.7 cm³/mol. The molecule has 0 heterocycles. The van der Waals surface area contributed by atoms with E-state index in [9.17, 15) is 13.2 Å². The fraction of sp³-hybridized carbons (Fsp3) is 0.133. The normalized spacial score (nSPS) is 11.0. The topological polar surface area (TPSA) is 95.7 Å². The van der Waals surface area contributed by atoms with Gasteiger partial charge in [0.25, 0.3) is 0 Å². The maximum atomic E-state index is 11.7. The Morgan fingerprint density at radius 1 is 1.00 bits per heavy atom. The van der Waals surface area contributed by atoms with E-state index in [1.807, 2.05) is 0 Å². The van der Waals surface area contributed by atoms with Crippen LogP contribution in [0.15, 0.2) is 41.3 Å². The molecule has 0 atom stereocenters. The first kappa shape index (κ1) is 16.0. The summed E-state index contributed by atoms with van der Waals surface area (Å²) in [5.41, 5.74) is 0.794. The highest BCUT2D eigenvalue weighted by atomic mass is 32.2. The molecule has 7 heteroatoms. The largest absolute Gasteiger partial charge is 0.496 e. The summed E-state index contributed by atoms with van der Waals surface area (Å²) in [4.78, 5) is 11.3. The number of methoxy groups -OCH3 is 2. The molecule has 2 rings (SSSR count). The van der Waals surface area contributed by atoms with Crippen LogP contribution in [-0.2, 0) is 10.0 Å². The lowest BCUT2D eigenvalue weighted by molar-refractivity contribution is 0.112. The zero-order valence-electron chi connectivity index (χ0n) is 12.1. The van der Waals surface area contributed by atoms with Gasteiger partial charge in [-0.2, -0.15) is 0 Å². The van der Waals surface area contributed by atoms with Crippen LogP contribution in [0.25, 0.3) is 11.1 Å². The number of hydrogen-bond acceptors (Lipinski definition) is 5. The van der Waals surface area contributed by atoms with Gasteiger partial charge in [-0.25, -0.2) is 13.6 Å². The fourth-order valence-corrected chi connectivity index (χ4v) is 2.96. The van der Waals surface area contributed by atoms with Gasteiger partial charge in [0.15, 0.2) is 6.29 Å². The molecule has 2 aromatic rings. The minimum atomic E-state index is -4.05. The van der Waals surface area contributed by atoms with Crippen molar-refractivity contribution in [3.8, 4) is 22.6 Å². The smallest absolute Gasteiger partial charge is 0.238 e. The van der Waals surface area contributed by atoms with Crippen LogP contribution in [0, 0.1) is 0 Å². The van der Waals surface area contributed by atoms with E-state index in [2.05, 4.69) is 0 Å². The quantitative estimate of drug-likeness (QED) is 0.848. The Labute approximate surface area is 128 Å². The van der Waals surface area contributed by atoms with Crippen molar-refractivity contribution in [1.82, 2.24) is 0 Å². The van der Waals surface area contributed by atoms with Gasteiger partial charge in [0.05, 0.1) is 19.1 Å². The zero-order valence-corrected chi connectivity index (χ0v) is 12.9. The highest BCUT2D eigenvalue weighted by Crippen LogP contribution is 2.40. The number of ether oxygens (including phenoxy) is 2. The molecule has 2 N–H and O–H groups in total. The Bertz CT molecular complexity index is 815. The lowest BCUT2D eigenvalue weighted by atomic mass is 9.98. The van der Waals surface area contributed by atoms with E-state index in [1.54, 1.807) is 24.3 Å². The molecule has 0 aromatic heterocycles. The van der Waals surface area contributed by atoms with Crippen molar-refractivity contribution in [3.63, 3.8) is 0 Å². The molecule has 0 bridgehead atoms. The molecule has 0 radical (unpaired) electrons. The molecule has 0 amide bonds. The number of carbonyl (C=O) groups is 1. The van der Waals surface area contributed by atoms with E-state index in [-0.39, 0.29) is 10.5 Å². The molecule has 0 saturated carbocycles. The highest BCUT2D eigenvalue weighted by Gasteiger charge is 2.23. The molecular formula is C15H15NO5S. The second kappa shape index (κ2) is 6.17. The Morgan fingerprint density at radius 3 is 2.18 bits per heavy atom. The minimum absolute atomic E-state index is 0.0636. The Morgan fingerprint density at radius 2 is 1.64 bits per heavy atom. The highest BCUT2D eigenvalue weighted by molar-refractivity contribution is 7.89.